The zero-order valence-electron chi connectivity index (χ0n) is 21.8. The fraction of sp³-hybridized carbons (Fsp3) is 0.290. The molecule has 0 heterocycles. The molecule has 0 aliphatic heterocycles. The molecule has 0 amide bonds. The van der Waals surface area contributed by atoms with E-state index >= 15 is 0 Å². The number of hydrogen-bond acceptors (Lipinski definition) is 5. The summed E-state index contributed by atoms with van der Waals surface area (Å²) in [5, 5.41) is 0. The molecule has 0 aliphatic carbocycles. The molecule has 0 bridgehead atoms. The Balaban J connectivity index is 1.50. The average molecular weight is 557 g/mol. The van der Waals surface area contributed by atoms with E-state index in [2.05, 4.69) is 23.5 Å². The van der Waals surface area contributed by atoms with Crippen LogP contribution in [0.5, 0.6) is 11.5 Å². The number of rotatable bonds is 12. The Labute approximate surface area is 230 Å². The maximum absolute atomic E-state index is 12.9. The lowest BCUT2D eigenvalue weighted by molar-refractivity contribution is -0.155. The first kappa shape index (κ1) is 30.2. The molecule has 0 N–H and O–H groups in total. The van der Waals surface area contributed by atoms with E-state index in [4.69, 9.17) is 9.47 Å². The van der Waals surface area contributed by atoms with E-state index in [1.807, 2.05) is 24.3 Å². The van der Waals surface area contributed by atoms with Crippen LogP contribution in [-0.2, 0) is 4.74 Å². The summed E-state index contributed by atoms with van der Waals surface area (Å²) in [6.07, 6.45) is 0.623. The summed E-state index contributed by atoms with van der Waals surface area (Å²) in [5.41, 5.74) is 1.59. The van der Waals surface area contributed by atoms with Gasteiger partial charge >= 0.3 is 24.3 Å². The second-order valence-corrected chi connectivity index (χ2v) is 8.81. The van der Waals surface area contributed by atoms with Gasteiger partial charge in [0.25, 0.3) is 0 Å². The van der Waals surface area contributed by atoms with Crippen molar-refractivity contribution in [3.05, 3.63) is 95.1 Å². The molecule has 0 aliphatic rings. The second-order valence-electron chi connectivity index (χ2n) is 8.81. The van der Waals surface area contributed by atoms with Crippen LogP contribution in [0, 0.1) is 11.8 Å². The van der Waals surface area contributed by atoms with Gasteiger partial charge in [0.05, 0.1) is 17.7 Å². The highest BCUT2D eigenvalue weighted by molar-refractivity contribution is 5.92. The molecule has 3 rings (SSSR count). The third kappa shape index (κ3) is 9.45. The molecule has 0 radical (unpaired) electrons. The summed E-state index contributed by atoms with van der Waals surface area (Å²) in [4.78, 5) is 24.2. The Bertz CT molecular complexity index is 1310. The molecule has 0 unspecified atom stereocenters. The van der Waals surface area contributed by atoms with Crippen molar-refractivity contribution in [3.63, 3.8) is 0 Å². The maximum atomic E-state index is 12.9. The van der Waals surface area contributed by atoms with Crippen molar-refractivity contribution in [1.29, 1.82) is 0 Å². The standard InChI is InChI=1S/C31H28F4O5/c1-2-3-4-5-20-38-26-16-10-23(11-17-26)7-6-22-8-12-25(13-9-22)29(37)40-27-18-14-24(15-19-27)28(36)39-21-31(34,35)30(32)33/h8-19,30H,2-5,20-21H2,1H3. The van der Waals surface area contributed by atoms with Crippen LogP contribution in [0.4, 0.5) is 17.6 Å². The van der Waals surface area contributed by atoms with Crippen LogP contribution in [0.3, 0.4) is 0 Å². The van der Waals surface area contributed by atoms with Crippen molar-refractivity contribution >= 4 is 11.9 Å². The summed E-state index contributed by atoms with van der Waals surface area (Å²) >= 11 is 0. The van der Waals surface area contributed by atoms with Gasteiger partial charge in [-0.2, -0.15) is 8.78 Å². The first-order chi connectivity index (χ1) is 19.2. The molecule has 40 heavy (non-hydrogen) atoms. The molecule has 0 spiro atoms. The Hall–Kier alpha value is -4.32. The number of hydrogen-bond donors (Lipinski definition) is 0. The monoisotopic (exact) mass is 556 g/mol. The maximum Gasteiger partial charge on any atom is 0.343 e. The number of halogens is 4. The molecule has 3 aromatic rings. The number of carbonyl (C=O) groups excluding carboxylic acids is 2. The topological polar surface area (TPSA) is 61.8 Å². The van der Waals surface area contributed by atoms with Crippen LogP contribution in [0.2, 0.25) is 0 Å². The largest absolute Gasteiger partial charge is 0.494 e. The van der Waals surface area contributed by atoms with Crippen molar-refractivity contribution in [3.8, 4) is 23.3 Å². The van der Waals surface area contributed by atoms with Crippen molar-refractivity contribution in [1.82, 2.24) is 0 Å². The van der Waals surface area contributed by atoms with Crippen molar-refractivity contribution in [2.75, 3.05) is 13.2 Å². The normalized spacial score (nSPS) is 10.9. The van der Waals surface area contributed by atoms with Gasteiger partial charge in [-0.05, 0) is 79.2 Å². The predicted molar refractivity (Wildman–Crippen MR) is 141 cm³/mol. The number of esters is 2. The van der Waals surface area contributed by atoms with Gasteiger partial charge in [0, 0.05) is 11.1 Å². The van der Waals surface area contributed by atoms with Crippen LogP contribution in [-0.4, -0.2) is 37.5 Å². The van der Waals surface area contributed by atoms with Gasteiger partial charge in [0.2, 0.25) is 0 Å². The SMILES string of the molecule is CCCCCCOc1ccc(C#Cc2ccc(C(=O)Oc3ccc(C(=O)OCC(F)(F)C(F)F)cc3)cc2)cc1. The van der Waals surface area contributed by atoms with Crippen LogP contribution >= 0.6 is 0 Å². The smallest absolute Gasteiger partial charge is 0.343 e. The Kier molecular flexibility index (Phi) is 11.1. The molecule has 9 heteroatoms. The van der Waals surface area contributed by atoms with Crippen LogP contribution in [0.1, 0.15) is 64.4 Å². The second kappa shape index (κ2) is 14.7. The molecule has 0 aromatic heterocycles. The summed E-state index contributed by atoms with van der Waals surface area (Å²) in [5.74, 6) is 0.645. The summed E-state index contributed by atoms with van der Waals surface area (Å²) < 4.78 is 65.4. The molecule has 0 saturated carbocycles. The number of alkyl halides is 4. The van der Waals surface area contributed by atoms with E-state index in [0.717, 1.165) is 36.3 Å². The van der Waals surface area contributed by atoms with Crippen LogP contribution in [0.15, 0.2) is 72.8 Å². The first-order valence-corrected chi connectivity index (χ1v) is 12.7. The van der Waals surface area contributed by atoms with E-state index in [1.54, 1.807) is 24.3 Å². The van der Waals surface area contributed by atoms with Gasteiger partial charge in [-0.1, -0.05) is 38.0 Å². The quantitative estimate of drug-likeness (QED) is 0.0769. The molecule has 0 fully saturated rings. The van der Waals surface area contributed by atoms with E-state index < -0.39 is 30.9 Å². The summed E-state index contributed by atoms with van der Waals surface area (Å²) in [7, 11) is 0. The molecule has 3 aromatic carbocycles. The van der Waals surface area contributed by atoms with Crippen molar-refractivity contribution in [2.24, 2.45) is 0 Å². The minimum Gasteiger partial charge on any atom is -0.494 e. The van der Waals surface area contributed by atoms with Gasteiger partial charge in [0.1, 0.15) is 11.5 Å². The van der Waals surface area contributed by atoms with E-state index in [9.17, 15) is 27.2 Å². The lowest BCUT2D eigenvalue weighted by Gasteiger charge is -2.15. The summed E-state index contributed by atoms with van der Waals surface area (Å²) in [6, 6.07) is 18.8. The number of unbranched alkanes of at least 4 members (excludes halogenated alkanes) is 3. The fourth-order valence-electron chi connectivity index (χ4n) is 3.32. The highest BCUT2D eigenvalue weighted by Gasteiger charge is 2.42. The first-order valence-electron chi connectivity index (χ1n) is 12.7. The Morgan fingerprint density at radius 1 is 0.750 bits per heavy atom. The molecule has 5 nitrogen and oxygen atoms in total. The molecular formula is C31H28F4O5. The van der Waals surface area contributed by atoms with Crippen molar-refractivity contribution in [2.45, 2.75) is 45.0 Å². The van der Waals surface area contributed by atoms with E-state index in [0.29, 0.717) is 12.2 Å². The minimum atomic E-state index is -4.44. The van der Waals surface area contributed by atoms with Crippen LogP contribution in [0.25, 0.3) is 0 Å². The van der Waals surface area contributed by atoms with Gasteiger partial charge in [-0.25, -0.2) is 18.4 Å². The molecule has 0 saturated heterocycles. The zero-order valence-corrected chi connectivity index (χ0v) is 21.8. The number of benzene rings is 3. The van der Waals surface area contributed by atoms with Gasteiger partial charge < -0.3 is 14.2 Å². The summed E-state index contributed by atoms with van der Waals surface area (Å²) in [6.45, 7) is 1.11. The molecular weight excluding hydrogens is 528 g/mol. The van der Waals surface area contributed by atoms with Crippen molar-refractivity contribution < 1.29 is 41.4 Å². The molecule has 0 atom stereocenters. The fourth-order valence-corrected chi connectivity index (χ4v) is 3.32. The van der Waals surface area contributed by atoms with Gasteiger partial charge in [0.15, 0.2) is 6.61 Å². The lowest BCUT2D eigenvalue weighted by atomic mass is 10.1. The van der Waals surface area contributed by atoms with Gasteiger partial charge in [-0.15, -0.1) is 0 Å². The number of carbonyl (C=O) groups is 2. The average Bonchev–Trinajstić information content (AvgIpc) is 2.96. The van der Waals surface area contributed by atoms with Gasteiger partial charge in [-0.3, -0.25) is 0 Å². The third-order valence-corrected chi connectivity index (χ3v) is 5.61. The predicted octanol–water partition coefficient (Wildman–Crippen LogP) is 7.32. The van der Waals surface area contributed by atoms with E-state index in [-0.39, 0.29) is 16.9 Å². The zero-order chi connectivity index (χ0) is 29.0. The Morgan fingerprint density at radius 2 is 1.27 bits per heavy atom. The van der Waals surface area contributed by atoms with Crippen LogP contribution < -0.4 is 9.47 Å². The Morgan fingerprint density at radius 3 is 1.85 bits per heavy atom. The minimum absolute atomic E-state index is 0.0803. The lowest BCUT2D eigenvalue weighted by Crippen LogP contribution is -2.33. The third-order valence-electron chi connectivity index (χ3n) is 5.61. The highest BCUT2D eigenvalue weighted by atomic mass is 19.3. The number of ether oxygens (including phenoxy) is 3. The highest BCUT2D eigenvalue weighted by Crippen LogP contribution is 2.24. The van der Waals surface area contributed by atoms with E-state index in [1.165, 1.54) is 25.0 Å². The molecule has 210 valence electrons.